The lowest BCUT2D eigenvalue weighted by molar-refractivity contribution is -0.148. The van der Waals surface area contributed by atoms with Crippen molar-refractivity contribution in [1.82, 2.24) is 9.62 Å². The number of hydrogen-bond acceptors (Lipinski definition) is 3. The van der Waals surface area contributed by atoms with Crippen molar-refractivity contribution >= 4 is 10.0 Å². The Morgan fingerprint density at radius 3 is 2.38 bits per heavy atom. The smallest absolute Gasteiger partial charge is 0.295 e. The van der Waals surface area contributed by atoms with Crippen LogP contribution in [0.25, 0.3) is 0 Å². The molecular formula is C18H25F3N2O2S. The van der Waals surface area contributed by atoms with Gasteiger partial charge in [0.05, 0.1) is 11.4 Å². The topological polar surface area (TPSA) is 49.4 Å². The summed E-state index contributed by atoms with van der Waals surface area (Å²) in [5, 5.41) is 0. The number of piperidine rings is 1. The van der Waals surface area contributed by atoms with Crippen LogP contribution in [-0.2, 0) is 22.9 Å². The van der Waals surface area contributed by atoms with Crippen LogP contribution in [0, 0.1) is 5.92 Å². The van der Waals surface area contributed by atoms with E-state index in [0.29, 0.717) is 25.9 Å². The van der Waals surface area contributed by atoms with E-state index in [0.717, 1.165) is 31.2 Å². The van der Waals surface area contributed by atoms with E-state index in [1.807, 2.05) is 6.07 Å². The molecule has 1 fully saturated rings. The lowest BCUT2D eigenvalue weighted by Crippen LogP contribution is -2.42. The van der Waals surface area contributed by atoms with Gasteiger partial charge in [-0.1, -0.05) is 6.07 Å². The zero-order valence-electron chi connectivity index (χ0n) is 14.7. The third kappa shape index (κ3) is 5.20. The zero-order chi connectivity index (χ0) is 18.8. The van der Waals surface area contributed by atoms with Gasteiger partial charge < -0.3 is 0 Å². The third-order valence-corrected chi connectivity index (χ3v) is 6.72. The van der Waals surface area contributed by atoms with E-state index in [9.17, 15) is 21.6 Å². The summed E-state index contributed by atoms with van der Waals surface area (Å²) < 4.78 is 65.0. The zero-order valence-corrected chi connectivity index (χ0v) is 15.5. The quantitative estimate of drug-likeness (QED) is 0.841. The highest BCUT2D eigenvalue weighted by atomic mass is 32.2. The Hall–Kier alpha value is -1.12. The minimum absolute atomic E-state index is 0.0758. The highest BCUT2D eigenvalue weighted by Gasteiger charge is 2.32. The molecular weight excluding hydrogens is 365 g/mol. The van der Waals surface area contributed by atoms with E-state index >= 15 is 0 Å². The van der Waals surface area contributed by atoms with E-state index in [2.05, 4.69) is 4.72 Å². The van der Waals surface area contributed by atoms with Gasteiger partial charge in [0.25, 0.3) is 0 Å². The van der Waals surface area contributed by atoms with E-state index in [4.69, 9.17) is 0 Å². The third-order valence-electron chi connectivity index (χ3n) is 5.30. The maximum Gasteiger partial charge on any atom is 0.401 e. The number of aryl methyl sites for hydroxylation is 2. The van der Waals surface area contributed by atoms with E-state index in [-0.39, 0.29) is 17.4 Å². The van der Waals surface area contributed by atoms with Gasteiger partial charge in [0.1, 0.15) is 0 Å². The molecule has 1 N–H and O–H groups in total. The summed E-state index contributed by atoms with van der Waals surface area (Å²) in [6.07, 6.45) is 1.10. The molecule has 0 saturated carbocycles. The molecule has 0 atom stereocenters. The first-order valence-electron chi connectivity index (χ1n) is 9.13. The number of nitrogens with zero attached hydrogens (tertiary/aromatic N) is 1. The van der Waals surface area contributed by atoms with Crippen molar-refractivity contribution in [3.63, 3.8) is 0 Å². The standard InChI is InChI=1S/C18H25F3N2O2S/c19-18(20,21)13-23-9-7-14(8-10-23)12-22-26(24,25)17-6-5-15-3-1-2-4-16(15)11-17/h5-6,11,14,22H,1-4,7-10,12-13H2. The van der Waals surface area contributed by atoms with Crippen LogP contribution in [0.3, 0.4) is 0 Å². The Balaban J connectivity index is 1.53. The molecule has 1 saturated heterocycles. The van der Waals surface area contributed by atoms with Crippen molar-refractivity contribution in [3.05, 3.63) is 29.3 Å². The average molecular weight is 390 g/mol. The molecule has 0 aromatic heterocycles. The predicted molar refractivity (Wildman–Crippen MR) is 93.5 cm³/mol. The number of hydrogen-bond donors (Lipinski definition) is 1. The Bertz CT molecular complexity index is 726. The lowest BCUT2D eigenvalue weighted by Gasteiger charge is -2.32. The van der Waals surface area contributed by atoms with Crippen molar-refractivity contribution < 1.29 is 21.6 Å². The summed E-state index contributed by atoms with van der Waals surface area (Å²) in [6.45, 7) is 0.0926. The SMILES string of the molecule is O=S(=O)(NCC1CCN(CC(F)(F)F)CC1)c1ccc2c(c1)CCCC2. The van der Waals surface area contributed by atoms with Crippen molar-refractivity contribution in [1.29, 1.82) is 0 Å². The molecule has 26 heavy (non-hydrogen) atoms. The second-order valence-corrected chi connectivity index (χ2v) is 9.09. The number of rotatable bonds is 5. The second kappa shape index (κ2) is 7.86. The van der Waals surface area contributed by atoms with Crippen molar-refractivity contribution in [2.75, 3.05) is 26.2 Å². The molecule has 4 nitrogen and oxygen atoms in total. The molecule has 8 heteroatoms. The van der Waals surface area contributed by atoms with Crippen molar-refractivity contribution in [3.8, 4) is 0 Å². The van der Waals surface area contributed by atoms with Gasteiger partial charge >= 0.3 is 6.18 Å². The van der Waals surface area contributed by atoms with Crippen LogP contribution in [0.4, 0.5) is 13.2 Å². The maximum atomic E-state index is 12.5. The van der Waals surface area contributed by atoms with Gasteiger partial charge in [0, 0.05) is 6.54 Å². The predicted octanol–water partition coefficient (Wildman–Crippen LogP) is 3.12. The molecule has 0 radical (unpaired) electrons. The number of likely N-dealkylation sites (tertiary alicyclic amines) is 1. The van der Waals surface area contributed by atoms with Gasteiger partial charge in [-0.05, 0) is 80.8 Å². The molecule has 1 aromatic carbocycles. The fourth-order valence-electron chi connectivity index (χ4n) is 3.79. The van der Waals surface area contributed by atoms with Crippen molar-refractivity contribution in [2.45, 2.75) is 49.6 Å². The molecule has 146 valence electrons. The molecule has 2 aliphatic rings. The molecule has 1 aliphatic carbocycles. The Labute approximate surface area is 152 Å². The number of nitrogens with one attached hydrogen (secondary N) is 1. The van der Waals surface area contributed by atoms with Crippen LogP contribution in [-0.4, -0.2) is 45.7 Å². The van der Waals surface area contributed by atoms with Crippen LogP contribution in [0.2, 0.25) is 0 Å². The molecule has 0 amide bonds. The highest BCUT2D eigenvalue weighted by Crippen LogP contribution is 2.25. The molecule has 1 aromatic rings. The molecule has 1 heterocycles. The summed E-state index contributed by atoms with van der Waals surface area (Å²) in [7, 11) is -3.58. The number of fused-ring (bicyclic) bond motifs is 1. The Morgan fingerprint density at radius 2 is 1.73 bits per heavy atom. The number of benzene rings is 1. The first-order valence-corrected chi connectivity index (χ1v) is 10.6. The Morgan fingerprint density at radius 1 is 1.08 bits per heavy atom. The van der Waals surface area contributed by atoms with Gasteiger partial charge in [-0.25, -0.2) is 13.1 Å². The minimum atomic E-state index is -4.18. The van der Waals surface area contributed by atoms with E-state index in [1.165, 1.54) is 10.5 Å². The summed E-state index contributed by atoms with van der Waals surface area (Å²) in [5.74, 6) is 0.0758. The minimum Gasteiger partial charge on any atom is -0.295 e. The van der Waals surface area contributed by atoms with Crippen molar-refractivity contribution in [2.24, 2.45) is 5.92 Å². The fourth-order valence-corrected chi connectivity index (χ4v) is 4.96. The van der Waals surface area contributed by atoms with Crippen LogP contribution < -0.4 is 4.72 Å². The van der Waals surface area contributed by atoms with Gasteiger partial charge in [-0.15, -0.1) is 0 Å². The summed E-state index contributed by atoms with van der Waals surface area (Å²) in [5.41, 5.74) is 2.34. The van der Waals surface area contributed by atoms with E-state index in [1.54, 1.807) is 12.1 Å². The number of sulfonamides is 1. The largest absolute Gasteiger partial charge is 0.401 e. The summed E-state index contributed by atoms with van der Waals surface area (Å²) in [4.78, 5) is 1.67. The first kappa shape index (κ1) is 19.6. The van der Waals surface area contributed by atoms with E-state index < -0.39 is 22.7 Å². The normalized spacial score (nSPS) is 20.1. The van der Waals surface area contributed by atoms with Gasteiger partial charge in [0.2, 0.25) is 10.0 Å². The van der Waals surface area contributed by atoms with Crippen LogP contribution in [0.1, 0.15) is 36.8 Å². The fraction of sp³-hybridized carbons (Fsp3) is 0.667. The lowest BCUT2D eigenvalue weighted by atomic mass is 9.92. The molecule has 0 unspecified atom stereocenters. The Kier molecular flexibility index (Phi) is 5.94. The average Bonchev–Trinajstić information content (AvgIpc) is 2.59. The van der Waals surface area contributed by atoms with Gasteiger partial charge in [0.15, 0.2) is 0 Å². The van der Waals surface area contributed by atoms with Gasteiger partial charge in [-0.3, -0.25) is 4.90 Å². The number of halogens is 3. The molecule has 0 spiro atoms. The molecule has 0 bridgehead atoms. The molecule has 1 aliphatic heterocycles. The summed E-state index contributed by atoms with van der Waals surface area (Å²) in [6, 6.07) is 5.32. The maximum absolute atomic E-state index is 12.5. The second-order valence-electron chi connectivity index (χ2n) is 7.32. The highest BCUT2D eigenvalue weighted by molar-refractivity contribution is 7.89. The monoisotopic (exact) mass is 390 g/mol. The van der Waals surface area contributed by atoms with Crippen LogP contribution in [0.15, 0.2) is 23.1 Å². The van der Waals surface area contributed by atoms with Crippen LogP contribution >= 0.6 is 0 Å². The van der Waals surface area contributed by atoms with Crippen LogP contribution in [0.5, 0.6) is 0 Å². The first-order chi connectivity index (χ1) is 12.2. The number of alkyl halides is 3. The van der Waals surface area contributed by atoms with Gasteiger partial charge in [-0.2, -0.15) is 13.2 Å². The molecule has 3 rings (SSSR count). The summed E-state index contributed by atoms with van der Waals surface area (Å²) >= 11 is 0.